The molecule has 0 fully saturated rings. The van der Waals surface area contributed by atoms with Gasteiger partial charge >= 0.3 is 12.4 Å². The number of nitrogens with two attached hydrogens (primary N) is 1. The number of aromatic nitrogens is 4. The van der Waals surface area contributed by atoms with Crippen molar-refractivity contribution in [3.63, 3.8) is 0 Å². The zero-order valence-electron chi connectivity index (χ0n) is 37.6. The molecule has 0 radical (unpaired) electrons. The van der Waals surface area contributed by atoms with Crippen LogP contribution in [-0.4, -0.2) is 109 Å². The monoisotopic (exact) mass is 946 g/mol. The molecule has 0 saturated carbocycles. The molecule has 7 aromatic rings. The Labute approximate surface area is 387 Å². The van der Waals surface area contributed by atoms with Crippen molar-refractivity contribution in [2.75, 3.05) is 58.4 Å². The van der Waals surface area contributed by atoms with Crippen molar-refractivity contribution in [1.29, 1.82) is 0 Å². The molecule has 4 aromatic carbocycles. The fraction of sp³-hybridized carbons (Fsp3) is 0.250. The number of pyridine rings is 2. The number of aryl methyl sites for hydroxylation is 1. The second-order valence-electron chi connectivity index (χ2n) is 15.1. The van der Waals surface area contributed by atoms with Crippen LogP contribution in [0.25, 0.3) is 38.5 Å². The molecule has 3 aromatic heterocycles. The summed E-state index contributed by atoms with van der Waals surface area (Å²) in [6.45, 7) is -1.46. The normalized spacial score (nSPS) is 12.9. The number of nitrogens with zero attached hydrogens (tertiary/aromatic N) is 7. The van der Waals surface area contributed by atoms with Crippen molar-refractivity contribution in [2.45, 2.75) is 24.6 Å². The summed E-state index contributed by atoms with van der Waals surface area (Å²) in [6, 6.07) is 23.4. The summed E-state index contributed by atoms with van der Waals surface area (Å²) in [5.41, 5.74) is 11.6. The van der Waals surface area contributed by atoms with Crippen LogP contribution < -0.4 is 34.5 Å². The highest BCUT2D eigenvalue weighted by Gasteiger charge is 2.41. The van der Waals surface area contributed by atoms with Gasteiger partial charge in [-0.1, -0.05) is 0 Å². The van der Waals surface area contributed by atoms with Crippen LogP contribution in [0.4, 0.5) is 49.1 Å². The zero-order valence-corrected chi connectivity index (χ0v) is 37.6. The number of alkyl halides is 6. The van der Waals surface area contributed by atoms with Gasteiger partial charge in [-0.2, -0.15) is 31.4 Å². The first-order chi connectivity index (χ1) is 32.4. The van der Waals surface area contributed by atoms with Crippen LogP contribution in [0, 0.1) is 0 Å². The number of hydrogen-bond acceptors (Lipinski definition) is 13. The fourth-order valence-electron chi connectivity index (χ4n) is 6.98. The van der Waals surface area contributed by atoms with Crippen molar-refractivity contribution < 1.29 is 55.5 Å². The van der Waals surface area contributed by atoms with Gasteiger partial charge in [0.2, 0.25) is 0 Å². The molecule has 2 unspecified atom stereocenters. The molecule has 0 saturated heterocycles. The van der Waals surface area contributed by atoms with Crippen LogP contribution >= 0.6 is 0 Å². The SMILES string of the molecule is CN=C/C(=C\N)c1cnc2ccc(N(CC(O)C(F)(F)F)c3cc(OC)cc(OC)c3)cc2c1.COc1cc(OC)cc(N(CC(O)C(F)(F)F)c2ccc3ncc(-c4cnn(C)c4)cc3c2)c1. The third-order valence-electron chi connectivity index (χ3n) is 10.5. The number of hydrogen-bond donors (Lipinski definition) is 3. The lowest BCUT2D eigenvalue weighted by Gasteiger charge is -2.29. The van der Waals surface area contributed by atoms with E-state index in [9.17, 15) is 36.6 Å². The first-order valence-corrected chi connectivity index (χ1v) is 20.5. The van der Waals surface area contributed by atoms with Gasteiger partial charge in [0, 0.05) is 137 Å². The smallest absolute Gasteiger partial charge is 0.416 e. The molecule has 0 spiro atoms. The predicted octanol–water partition coefficient (Wildman–Crippen LogP) is 9.03. The Bertz CT molecular complexity index is 2860. The molecule has 358 valence electrons. The third kappa shape index (κ3) is 12.1. The van der Waals surface area contributed by atoms with Crippen molar-refractivity contribution in [1.82, 2.24) is 19.7 Å². The minimum Gasteiger partial charge on any atom is -0.497 e. The van der Waals surface area contributed by atoms with E-state index >= 15 is 0 Å². The molecule has 0 amide bonds. The number of allylic oxidation sites excluding steroid dienone is 1. The molecule has 0 aliphatic heterocycles. The van der Waals surface area contributed by atoms with Crippen molar-refractivity contribution >= 4 is 56.3 Å². The molecule has 2 atom stereocenters. The lowest BCUT2D eigenvalue weighted by molar-refractivity contribution is -0.200. The van der Waals surface area contributed by atoms with Gasteiger partial charge in [0.1, 0.15) is 23.0 Å². The number of aliphatic imine (C=N–C) groups is 1. The summed E-state index contributed by atoms with van der Waals surface area (Å²) in [5.74, 6) is 1.59. The Balaban J connectivity index is 0.000000224. The largest absolute Gasteiger partial charge is 0.497 e. The number of fused-ring (bicyclic) bond motifs is 2. The van der Waals surface area contributed by atoms with Gasteiger partial charge in [0.05, 0.1) is 58.8 Å². The minimum atomic E-state index is -4.80. The average Bonchev–Trinajstić information content (AvgIpc) is 3.78. The first kappa shape index (κ1) is 49.8. The van der Waals surface area contributed by atoms with Gasteiger partial charge in [-0.25, -0.2) is 0 Å². The van der Waals surface area contributed by atoms with Gasteiger partial charge in [-0.05, 0) is 48.5 Å². The number of aliphatic hydroxyl groups excluding tert-OH is 2. The maximum absolute atomic E-state index is 13.3. The molecular weight excluding hydrogens is 899 g/mol. The van der Waals surface area contributed by atoms with E-state index in [0.717, 1.165) is 16.5 Å². The number of ether oxygens (including phenoxy) is 4. The molecule has 0 aliphatic carbocycles. The fourth-order valence-corrected chi connectivity index (χ4v) is 6.98. The van der Waals surface area contributed by atoms with Crippen LogP contribution in [0.3, 0.4) is 0 Å². The molecule has 0 aliphatic rings. The molecular formula is C48H48F6N8O6. The quantitative estimate of drug-likeness (QED) is 0.0661. The summed E-state index contributed by atoms with van der Waals surface area (Å²) in [4.78, 5) is 15.6. The summed E-state index contributed by atoms with van der Waals surface area (Å²) >= 11 is 0. The second-order valence-corrected chi connectivity index (χ2v) is 15.1. The Morgan fingerprint density at radius 3 is 1.50 bits per heavy atom. The van der Waals surface area contributed by atoms with Crippen LogP contribution in [0.5, 0.6) is 23.0 Å². The number of rotatable bonds is 15. The van der Waals surface area contributed by atoms with E-state index in [1.165, 1.54) is 44.4 Å². The number of benzene rings is 4. The van der Waals surface area contributed by atoms with E-state index in [-0.39, 0.29) is 0 Å². The molecule has 14 nitrogen and oxygen atoms in total. The number of aliphatic hydroxyl groups is 2. The standard InChI is InChI=1S/C24H23F3N4O3.C24H25F3N4O3/c1-30-13-17(12-29-30)16-6-15-7-18(4-5-22(15)28-11-16)31(14-23(32)24(25,26)27)19-8-20(33-2)10-21(9-19)34-3;1-29-12-17(11-28)16-6-15-7-18(4-5-22(15)30-13-16)31(14-23(32)24(25,26)27)19-8-20(33-2)10-21(9-19)34-3/h4-13,23,32H,14H2,1-3H3;4-13,23,32H,14,28H2,1-3H3/b;17-11+,29-12?. The highest BCUT2D eigenvalue weighted by atomic mass is 19.4. The maximum Gasteiger partial charge on any atom is 0.416 e. The molecule has 0 bridgehead atoms. The molecule has 7 rings (SSSR count). The lowest BCUT2D eigenvalue weighted by atomic mass is 10.1. The summed E-state index contributed by atoms with van der Waals surface area (Å²) in [5, 5.41) is 25.3. The highest BCUT2D eigenvalue weighted by molar-refractivity contribution is 6.10. The summed E-state index contributed by atoms with van der Waals surface area (Å²) < 4.78 is 102. The van der Waals surface area contributed by atoms with Crippen LogP contribution in [0.2, 0.25) is 0 Å². The average molecular weight is 947 g/mol. The van der Waals surface area contributed by atoms with E-state index in [2.05, 4.69) is 20.1 Å². The van der Waals surface area contributed by atoms with Crippen LogP contribution in [0.15, 0.2) is 121 Å². The molecule has 20 heteroatoms. The Morgan fingerprint density at radius 1 is 0.647 bits per heavy atom. The molecule has 3 heterocycles. The van der Waals surface area contributed by atoms with E-state index in [1.807, 2.05) is 25.4 Å². The topological polar surface area (TPSA) is 166 Å². The second kappa shape index (κ2) is 21.4. The Hall–Kier alpha value is -7.58. The van der Waals surface area contributed by atoms with Gasteiger partial charge in [0.15, 0.2) is 12.2 Å². The third-order valence-corrected chi connectivity index (χ3v) is 10.5. The van der Waals surface area contributed by atoms with Gasteiger partial charge in [-0.15, -0.1) is 0 Å². The number of halogens is 6. The number of methoxy groups -OCH3 is 4. The van der Waals surface area contributed by atoms with Crippen LogP contribution in [0.1, 0.15) is 5.56 Å². The van der Waals surface area contributed by atoms with E-state index in [4.69, 9.17) is 24.7 Å². The van der Waals surface area contributed by atoms with E-state index in [1.54, 1.807) is 109 Å². The predicted molar refractivity (Wildman–Crippen MR) is 249 cm³/mol. The van der Waals surface area contributed by atoms with Crippen molar-refractivity contribution in [3.8, 4) is 34.1 Å². The highest BCUT2D eigenvalue weighted by Crippen LogP contribution is 2.38. The lowest BCUT2D eigenvalue weighted by Crippen LogP contribution is -2.39. The van der Waals surface area contributed by atoms with E-state index in [0.29, 0.717) is 73.3 Å². The van der Waals surface area contributed by atoms with Crippen molar-refractivity contribution in [2.24, 2.45) is 17.8 Å². The number of anilines is 4. The first-order valence-electron chi connectivity index (χ1n) is 20.5. The van der Waals surface area contributed by atoms with Gasteiger partial charge < -0.3 is 44.7 Å². The maximum atomic E-state index is 13.3. The van der Waals surface area contributed by atoms with Gasteiger partial charge in [0.25, 0.3) is 0 Å². The molecule has 68 heavy (non-hydrogen) atoms. The van der Waals surface area contributed by atoms with Crippen molar-refractivity contribution in [3.05, 3.63) is 121 Å². The zero-order chi connectivity index (χ0) is 49.3. The summed E-state index contributed by atoms with van der Waals surface area (Å²) in [6.07, 6.45) is -4.84. The Kier molecular flexibility index (Phi) is 15.7. The minimum absolute atomic E-state index is 0.351. The van der Waals surface area contributed by atoms with E-state index < -0.39 is 37.7 Å². The molecule has 4 N–H and O–H groups in total. The summed E-state index contributed by atoms with van der Waals surface area (Å²) in [7, 11) is 9.21. The van der Waals surface area contributed by atoms with Gasteiger partial charge in [-0.3, -0.25) is 19.6 Å². The van der Waals surface area contributed by atoms with Crippen LogP contribution in [-0.2, 0) is 7.05 Å². The Morgan fingerprint density at radius 2 is 1.10 bits per heavy atom.